The number of carbonyl (C=O) groups is 2. The molecular formula is C16H15ClN2O5S. The van der Waals surface area contributed by atoms with Crippen LogP contribution in [0.4, 0.5) is 11.4 Å². The molecule has 0 unspecified atom stereocenters. The topological polar surface area (TPSA) is 102 Å². The number of methoxy groups -OCH3 is 1. The Morgan fingerprint density at radius 3 is 2.40 bits per heavy atom. The molecule has 0 heterocycles. The van der Waals surface area contributed by atoms with Gasteiger partial charge in [0.15, 0.2) is 0 Å². The fourth-order valence-electron chi connectivity index (χ4n) is 1.98. The summed E-state index contributed by atoms with van der Waals surface area (Å²) in [4.78, 5) is 23.8. The Labute approximate surface area is 150 Å². The van der Waals surface area contributed by atoms with Gasteiger partial charge in [-0.05, 0) is 36.4 Å². The minimum Gasteiger partial charge on any atom is -0.465 e. The largest absolute Gasteiger partial charge is 0.465 e. The predicted octanol–water partition coefficient (Wildman–Crippen LogP) is 2.75. The molecule has 0 aliphatic rings. The van der Waals surface area contributed by atoms with Crippen molar-refractivity contribution in [3.63, 3.8) is 0 Å². The minimum atomic E-state index is -3.48. The molecular weight excluding hydrogens is 368 g/mol. The molecule has 25 heavy (non-hydrogen) atoms. The molecule has 9 heteroatoms. The molecule has 0 fully saturated rings. The van der Waals surface area contributed by atoms with Gasteiger partial charge in [-0.25, -0.2) is 13.2 Å². The average molecular weight is 383 g/mol. The number of nitrogens with one attached hydrogen (secondary N) is 2. The van der Waals surface area contributed by atoms with Crippen LogP contribution in [-0.2, 0) is 14.8 Å². The van der Waals surface area contributed by atoms with E-state index in [4.69, 9.17) is 11.6 Å². The Morgan fingerprint density at radius 1 is 1.08 bits per heavy atom. The van der Waals surface area contributed by atoms with E-state index in [0.717, 1.165) is 6.26 Å². The maximum atomic E-state index is 12.3. The molecule has 0 aromatic heterocycles. The zero-order valence-electron chi connectivity index (χ0n) is 13.4. The third kappa shape index (κ3) is 5.20. The predicted molar refractivity (Wildman–Crippen MR) is 95.7 cm³/mol. The average Bonchev–Trinajstić information content (AvgIpc) is 2.55. The van der Waals surface area contributed by atoms with Gasteiger partial charge in [0.1, 0.15) is 0 Å². The highest BCUT2D eigenvalue weighted by Gasteiger charge is 2.12. The quantitative estimate of drug-likeness (QED) is 0.774. The molecule has 2 aromatic carbocycles. The number of halogens is 1. The number of rotatable bonds is 5. The summed E-state index contributed by atoms with van der Waals surface area (Å²) in [5, 5.41) is 2.71. The van der Waals surface area contributed by atoms with Crippen LogP contribution < -0.4 is 10.0 Å². The van der Waals surface area contributed by atoms with Gasteiger partial charge in [0.05, 0.1) is 29.6 Å². The van der Waals surface area contributed by atoms with Crippen LogP contribution in [0.1, 0.15) is 20.7 Å². The van der Waals surface area contributed by atoms with Crippen molar-refractivity contribution in [2.45, 2.75) is 0 Å². The van der Waals surface area contributed by atoms with Crippen molar-refractivity contribution in [3.8, 4) is 0 Å². The van der Waals surface area contributed by atoms with E-state index in [1.165, 1.54) is 31.4 Å². The second-order valence-corrected chi connectivity index (χ2v) is 7.25. The Kier molecular flexibility index (Phi) is 5.66. The number of hydrogen-bond acceptors (Lipinski definition) is 5. The number of anilines is 2. The standard InChI is InChI=1S/C16H15ClN2O5S/c1-24-16(21)11-4-3-5-12(8-11)18-15(20)10-6-7-14(13(17)9-10)19-25(2,22)23/h3-9,19H,1-2H3,(H,18,20). The van der Waals surface area contributed by atoms with Gasteiger partial charge in [0.2, 0.25) is 10.0 Å². The number of sulfonamides is 1. The normalized spacial score (nSPS) is 10.8. The van der Waals surface area contributed by atoms with E-state index in [9.17, 15) is 18.0 Å². The van der Waals surface area contributed by atoms with E-state index in [2.05, 4.69) is 14.8 Å². The van der Waals surface area contributed by atoms with Gasteiger partial charge < -0.3 is 10.1 Å². The van der Waals surface area contributed by atoms with E-state index in [-0.39, 0.29) is 16.3 Å². The molecule has 0 radical (unpaired) electrons. The van der Waals surface area contributed by atoms with Crippen molar-refractivity contribution in [1.82, 2.24) is 0 Å². The summed E-state index contributed by atoms with van der Waals surface area (Å²) in [6, 6.07) is 10.4. The highest BCUT2D eigenvalue weighted by Crippen LogP contribution is 2.24. The summed E-state index contributed by atoms with van der Waals surface area (Å²) in [5.41, 5.74) is 1.11. The van der Waals surface area contributed by atoms with Crippen LogP contribution in [0.2, 0.25) is 5.02 Å². The molecule has 0 spiro atoms. The van der Waals surface area contributed by atoms with Gasteiger partial charge in [0, 0.05) is 11.3 Å². The smallest absolute Gasteiger partial charge is 0.337 e. The molecule has 0 aliphatic heterocycles. The molecule has 0 atom stereocenters. The van der Waals surface area contributed by atoms with Gasteiger partial charge in [-0.2, -0.15) is 0 Å². The third-order valence-electron chi connectivity index (χ3n) is 3.07. The second-order valence-electron chi connectivity index (χ2n) is 5.10. The number of amides is 1. The highest BCUT2D eigenvalue weighted by atomic mass is 35.5. The molecule has 7 nitrogen and oxygen atoms in total. The summed E-state index contributed by atoms with van der Waals surface area (Å²) in [6.07, 6.45) is 0.998. The van der Waals surface area contributed by atoms with Crippen molar-refractivity contribution in [2.24, 2.45) is 0 Å². The third-order valence-corrected chi connectivity index (χ3v) is 3.97. The number of hydrogen-bond donors (Lipinski definition) is 2. The van der Waals surface area contributed by atoms with E-state index < -0.39 is 21.9 Å². The van der Waals surface area contributed by atoms with Crippen molar-refractivity contribution < 1.29 is 22.7 Å². The summed E-state index contributed by atoms with van der Waals surface area (Å²) in [7, 11) is -2.21. The van der Waals surface area contributed by atoms with E-state index in [0.29, 0.717) is 11.3 Å². The van der Waals surface area contributed by atoms with Gasteiger partial charge in [-0.3, -0.25) is 9.52 Å². The first-order valence-electron chi connectivity index (χ1n) is 6.96. The fourth-order valence-corrected chi connectivity index (χ4v) is 2.85. The van der Waals surface area contributed by atoms with Crippen LogP contribution >= 0.6 is 11.6 Å². The summed E-state index contributed by atoms with van der Waals surface area (Å²) < 4.78 is 29.3. The monoisotopic (exact) mass is 382 g/mol. The Balaban J connectivity index is 2.19. The molecule has 2 N–H and O–H groups in total. The van der Waals surface area contributed by atoms with E-state index in [1.54, 1.807) is 18.2 Å². The van der Waals surface area contributed by atoms with Crippen LogP contribution in [0.3, 0.4) is 0 Å². The first-order chi connectivity index (χ1) is 11.7. The van der Waals surface area contributed by atoms with Gasteiger partial charge in [-0.15, -0.1) is 0 Å². The lowest BCUT2D eigenvalue weighted by Gasteiger charge is -2.10. The molecule has 0 bridgehead atoms. The number of ether oxygens (including phenoxy) is 1. The molecule has 0 saturated heterocycles. The number of carbonyl (C=O) groups excluding carboxylic acids is 2. The van der Waals surface area contributed by atoms with Crippen LogP contribution in [0, 0.1) is 0 Å². The Hall–Kier alpha value is -2.58. The molecule has 132 valence electrons. The summed E-state index contributed by atoms with van der Waals surface area (Å²) in [6.45, 7) is 0. The lowest BCUT2D eigenvalue weighted by atomic mass is 10.1. The second kappa shape index (κ2) is 7.54. The Bertz CT molecular complexity index is 928. The molecule has 0 aliphatic carbocycles. The summed E-state index contributed by atoms with van der Waals surface area (Å²) in [5.74, 6) is -0.981. The lowest BCUT2D eigenvalue weighted by Crippen LogP contribution is -2.14. The molecule has 2 rings (SSSR count). The van der Waals surface area contributed by atoms with Gasteiger partial charge in [0.25, 0.3) is 5.91 Å². The zero-order valence-corrected chi connectivity index (χ0v) is 14.9. The molecule has 2 aromatic rings. The van der Waals surface area contributed by atoms with Crippen LogP contribution in [0.5, 0.6) is 0 Å². The number of benzene rings is 2. The first-order valence-corrected chi connectivity index (χ1v) is 9.23. The van der Waals surface area contributed by atoms with Crippen LogP contribution in [-0.4, -0.2) is 33.7 Å². The van der Waals surface area contributed by atoms with E-state index >= 15 is 0 Å². The van der Waals surface area contributed by atoms with Crippen LogP contribution in [0.25, 0.3) is 0 Å². The number of esters is 1. The molecule has 1 amide bonds. The first kappa shape index (κ1) is 18.8. The lowest BCUT2D eigenvalue weighted by molar-refractivity contribution is 0.0600. The van der Waals surface area contributed by atoms with Crippen LogP contribution in [0.15, 0.2) is 42.5 Å². The fraction of sp³-hybridized carbons (Fsp3) is 0.125. The van der Waals surface area contributed by atoms with Crippen molar-refractivity contribution in [1.29, 1.82) is 0 Å². The summed E-state index contributed by atoms with van der Waals surface area (Å²) >= 11 is 6.00. The highest BCUT2D eigenvalue weighted by molar-refractivity contribution is 7.92. The zero-order chi connectivity index (χ0) is 18.6. The van der Waals surface area contributed by atoms with E-state index in [1.807, 2.05) is 0 Å². The van der Waals surface area contributed by atoms with Crippen molar-refractivity contribution in [3.05, 3.63) is 58.6 Å². The molecule has 0 saturated carbocycles. The van der Waals surface area contributed by atoms with Gasteiger partial charge >= 0.3 is 5.97 Å². The maximum Gasteiger partial charge on any atom is 0.337 e. The maximum absolute atomic E-state index is 12.3. The SMILES string of the molecule is COC(=O)c1cccc(NC(=O)c2ccc(NS(C)(=O)=O)c(Cl)c2)c1. The van der Waals surface area contributed by atoms with Crippen molar-refractivity contribution >= 4 is 44.9 Å². The van der Waals surface area contributed by atoms with Gasteiger partial charge in [-0.1, -0.05) is 17.7 Å². The Morgan fingerprint density at radius 2 is 1.80 bits per heavy atom. The minimum absolute atomic E-state index is 0.0846. The van der Waals surface area contributed by atoms with Crippen molar-refractivity contribution in [2.75, 3.05) is 23.4 Å².